The molecular formula is C15H20N2O. The molecule has 3 heteroatoms. The molecule has 1 N–H and O–H groups in total. The fourth-order valence-electron chi connectivity index (χ4n) is 1.96. The summed E-state index contributed by atoms with van der Waals surface area (Å²) in [7, 11) is 0. The maximum atomic E-state index is 5.40. The van der Waals surface area contributed by atoms with Crippen LogP contribution in [0.15, 0.2) is 28.8 Å². The van der Waals surface area contributed by atoms with Gasteiger partial charge in [0.25, 0.3) is 0 Å². The third-order valence-corrected chi connectivity index (χ3v) is 2.76. The van der Waals surface area contributed by atoms with Crippen molar-refractivity contribution in [3.63, 3.8) is 0 Å². The number of aryl methyl sites for hydroxylation is 2. The van der Waals surface area contributed by atoms with E-state index in [1.54, 1.807) is 0 Å². The largest absolute Gasteiger partial charge is 0.356 e. The van der Waals surface area contributed by atoms with Crippen molar-refractivity contribution in [2.45, 2.75) is 40.3 Å². The van der Waals surface area contributed by atoms with Crippen LogP contribution in [0.4, 0.5) is 0 Å². The maximum Gasteiger partial charge on any atom is 0.167 e. The van der Waals surface area contributed by atoms with Gasteiger partial charge in [0.1, 0.15) is 0 Å². The van der Waals surface area contributed by atoms with Crippen LogP contribution in [0, 0.1) is 13.8 Å². The molecule has 18 heavy (non-hydrogen) atoms. The summed E-state index contributed by atoms with van der Waals surface area (Å²) in [5.74, 6) is 0.836. The third-order valence-electron chi connectivity index (χ3n) is 2.76. The summed E-state index contributed by atoms with van der Waals surface area (Å²) in [6.07, 6.45) is 0. The molecule has 96 valence electrons. The van der Waals surface area contributed by atoms with Crippen molar-refractivity contribution in [3.05, 3.63) is 41.1 Å². The van der Waals surface area contributed by atoms with Gasteiger partial charge in [0.2, 0.25) is 0 Å². The molecule has 0 atom stereocenters. The van der Waals surface area contributed by atoms with E-state index in [2.05, 4.69) is 56.4 Å². The first kappa shape index (κ1) is 12.8. The van der Waals surface area contributed by atoms with Gasteiger partial charge in [0.15, 0.2) is 5.76 Å². The zero-order valence-corrected chi connectivity index (χ0v) is 11.4. The zero-order valence-electron chi connectivity index (χ0n) is 11.4. The highest BCUT2D eigenvalue weighted by Crippen LogP contribution is 2.23. The Morgan fingerprint density at radius 1 is 1.11 bits per heavy atom. The van der Waals surface area contributed by atoms with E-state index in [9.17, 15) is 0 Å². The van der Waals surface area contributed by atoms with Gasteiger partial charge < -0.3 is 9.84 Å². The lowest BCUT2D eigenvalue weighted by Crippen LogP contribution is -2.21. The second-order valence-electron chi connectivity index (χ2n) is 5.09. The summed E-state index contributed by atoms with van der Waals surface area (Å²) in [5.41, 5.74) is 4.51. The first-order chi connectivity index (χ1) is 8.54. The smallest absolute Gasteiger partial charge is 0.167 e. The summed E-state index contributed by atoms with van der Waals surface area (Å²) < 4.78 is 5.40. The Kier molecular flexibility index (Phi) is 3.82. The predicted octanol–water partition coefficient (Wildman–Crippen LogP) is 3.46. The lowest BCUT2D eigenvalue weighted by molar-refractivity contribution is 0.417. The van der Waals surface area contributed by atoms with Gasteiger partial charge in [-0.2, -0.15) is 0 Å². The summed E-state index contributed by atoms with van der Waals surface area (Å²) in [4.78, 5) is 0. The van der Waals surface area contributed by atoms with E-state index in [0.717, 1.165) is 23.6 Å². The number of hydrogen-bond acceptors (Lipinski definition) is 3. The molecule has 0 aliphatic carbocycles. The molecule has 0 saturated carbocycles. The highest BCUT2D eigenvalue weighted by atomic mass is 16.5. The van der Waals surface area contributed by atoms with Crippen molar-refractivity contribution in [1.29, 1.82) is 0 Å². The minimum absolute atomic E-state index is 0.450. The molecule has 1 aromatic heterocycles. The maximum absolute atomic E-state index is 5.40. The van der Waals surface area contributed by atoms with E-state index in [1.807, 2.05) is 6.07 Å². The number of nitrogens with zero attached hydrogens (tertiary/aromatic N) is 1. The minimum Gasteiger partial charge on any atom is -0.356 e. The fraction of sp³-hybridized carbons (Fsp3) is 0.400. The molecule has 0 fully saturated rings. The number of nitrogens with one attached hydrogen (secondary N) is 1. The van der Waals surface area contributed by atoms with Gasteiger partial charge >= 0.3 is 0 Å². The lowest BCUT2D eigenvalue weighted by atomic mass is 10.1. The van der Waals surface area contributed by atoms with Crippen LogP contribution in [-0.4, -0.2) is 11.2 Å². The Morgan fingerprint density at radius 3 is 2.39 bits per heavy atom. The van der Waals surface area contributed by atoms with Gasteiger partial charge in [-0.25, -0.2) is 0 Å². The standard InChI is InChI=1S/C15H20N2O/c1-10(2)16-9-14-8-15(18-17-14)13-6-11(3)5-12(4)7-13/h5-8,10,16H,9H2,1-4H3. The Labute approximate surface area is 108 Å². The average molecular weight is 244 g/mol. The van der Waals surface area contributed by atoms with Crippen LogP contribution < -0.4 is 5.32 Å². The highest BCUT2D eigenvalue weighted by Gasteiger charge is 2.07. The van der Waals surface area contributed by atoms with Gasteiger partial charge in [0.05, 0.1) is 5.69 Å². The van der Waals surface area contributed by atoms with Crippen LogP contribution in [0.5, 0.6) is 0 Å². The van der Waals surface area contributed by atoms with E-state index in [1.165, 1.54) is 11.1 Å². The fourth-order valence-corrected chi connectivity index (χ4v) is 1.96. The van der Waals surface area contributed by atoms with Gasteiger partial charge in [-0.05, 0) is 26.0 Å². The molecular weight excluding hydrogens is 224 g/mol. The molecule has 0 amide bonds. The minimum atomic E-state index is 0.450. The van der Waals surface area contributed by atoms with E-state index >= 15 is 0 Å². The molecule has 0 unspecified atom stereocenters. The summed E-state index contributed by atoms with van der Waals surface area (Å²) in [5, 5.41) is 7.41. The first-order valence-electron chi connectivity index (χ1n) is 6.32. The first-order valence-corrected chi connectivity index (χ1v) is 6.32. The van der Waals surface area contributed by atoms with Gasteiger partial charge in [-0.1, -0.05) is 36.2 Å². The van der Waals surface area contributed by atoms with Crippen LogP contribution >= 0.6 is 0 Å². The van der Waals surface area contributed by atoms with Crippen molar-refractivity contribution in [2.24, 2.45) is 0 Å². The number of rotatable bonds is 4. The molecule has 0 saturated heterocycles. The normalized spacial score (nSPS) is 11.2. The van der Waals surface area contributed by atoms with Gasteiger partial charge in [-0.15, -0.1) is 0 Å². The van der Waals surface area contributed by atoms with Gasteiger partial charge in [-0.3, -0.25) is 0 Å². The molecule has 2 aromatic rings. The highest BCUT2D eigenvalue weighted by molar-refractivity contribution is 5.59. The van der Waals surface area contributed by atoms with E-state index in [-0.39, 0.29) is 0 Å². The van der Waals surface area contributed by atoms with Crippen molar-refractivity contribution in [1.82, 2.24) is 10.5 Å². The second-order valence-corrected chi connectivity index (χ2v) is 5.09. The summed E-state index contributed by atoms with van der Waals surface area (Å²) >= 11 is 0. The molecule has 0 spiro atoms. The topological polar surface area (TPSA) is 38.1 Å². The molecule has 0 aliphatic rings. The Bertz CT molecular complexity index is 509. The third kappa shape index (κ3) is 3.20. The number of aromatic nitrogens is 1. The van der Waals surface area contributed by atoms with E-state index in [0.29, 0.717) is 6.04 Å². The average Bonchev–Trinajstić information content (AvgIpc) is 2.73. The Morgan fingerprint density at radius 2 is 1.78 bits per heavy atom. The summed E-state index contributed by atoms with van der Waals surface area (Å²) in [6.45, 7) is 9.16. The molecule has 1 heterocycles. The van der Waals surface area contributed by atoms with Crippen molar-refractivity contribution >= 4 is 0 Å². The molecule has 3 nitrogen and oxygen atoms in total. The molecule has 0 radical (unpaired) electrons. The summed E-state index contributed by atoms with van der Waals surface area (Å²) in [6, 6.07) is 8.84. The van der Waals surface area contributed by atoms with Crippen LogP contribution in [0.25, 0.3) is 11.3 Å². The van der Waals surface area contributed by atoms with Crippen LogP contribution in [-0.2, 0) is 6.54 Å². The van der Waals surface area contributed by atoms with Crippen LogP contribution in [0.3, 0.4) is 0 Å². The Hall–Kier alpha value is -1.61. The van der Waals surface area contributed by atoms with Crippen LogP contribution in [0.2, 0.25) is 0 Å². The zero-order chi connectivity index (χ0) is 13.1. The molecule has 0 aliphatic heterocycles. The van der Waals surface area contributed by atoms with E-state index in [4.69, 9.17) is 4.52 Å². The second kappa shape index (κ2) is 5.36. The monoisotopic (exact) mass is 244 g/mol. The number of benzene rings is 1. The van der Waals surface area contributed by atoms with Crippen molar-refractivity contribution in [2.75, 3.05) is 0 Å². The lowest BCUT2D eigenvalue weighted by Gasteiger charge is -2.03. The molecule has 1 aromatic carbocycles. The molecule has 2 rings (SSSR count). The molecule has 0 bridgehead atoms. The van der Waals surface area contributed by atoms with E-state index < -0.39 is 0 Å². The quantitative estimate of drug-likeness (QED) is 0.895. The Balaban J connectivity index is 2.18. The van der Waals surface area contributed by atoms with Crippen LogP contribution in [0.1, 0.15) is 30.7 Å². The number of hydrogen-bond donors (Lipinski definition) is 1. The predicted molar refractivity (Wildman–Crippen MR) is 73.4 cm³/mol. The SMILES string of the molecule is Cc1cc(C)cc(-c2cc(CNC(C)C)no2)c1. The van der Waals surface area contributed by atoms with Crippen molar-refractivity contribution < 1.29 is 4.52 Å². The van der Waals surface area contributed by atoms with Gasteiger partial charge in [0, 0.05) is 24.2 Å². The van der Waals surface area contributed by atoms with Crippen molar-refractivity contribution in [3.8, 4) is 11.3 Å².